The Morgan fingerprint density at radius 1 is 1.26 bits per heavy atom. The fraction of sp³-hybridized carbons (Fsp3) is 0.611. The van der Waals surface area contributed by atoms with Gasteiger partial charge in [0, 0.05) is 30.7 Å². The van der Waals surface area contributed by atoms with Crippen molar-refractivity contribution in [1.82, 2.24) is 5.32 Å². The highest BCUT2D eigenvalue weighted by molar-refractivity contribution is 6.30. The maximum atomic E-state index is 12.6. The number of nitrogens with one attached hydrogen (secondary N) is 1. The summed E-state index contributed by atoms with van der Waals surface area (Å²) in [5.41, 5.74) is 6.87. The summed E-state index contributed by atoms with van der Waals surface area (Å²) >= 11 is 6.01. The van der Waals surface area contributed by atoms with Crippen molar-refractivity contribution in [3.05, 3.63) is 34.9 Å². The van der Waals surface area contributed by atoms with Crippen LogP contribution in [0.15, 0.2) is 24.3 Å². The lowest BCUT2D eigenvalue weighted by atomic mass is 9.82. The summed E-state index contributed by atoms with van der Waals surface area (Å²) < 4.78 is 5.50. The van der Waals surface area contributed by atoms with E-state index in [1.807, 2.05) is 24.3 Å². The number of ether oxygens (including phenoxy) is 1. The van der Waals surface area contributed by atoms with Gasteiger partial charge in [-0.15, -0.1) is 0 Å². The van der Waals surface area contributed by atoms with E-state index in [1.165, 1.54) is 0 Å². The van der Waals surface area contributed by atoms with Crippen molar-refractivity contribution in [2.24, 2.45) is 11.7 Å². The van der Waals surface area contributed by atoms with Crippen LogP contribution >= 0.6 is 11.6 Å². The zero-order valence-corrected chi connectivity index (χ0v) is 14.1. The van der Waals surface area contributed by atoms with Crippen molar-refractivity contribution in [3.8, 4) is 0 Å². The number of carbonyl (C=O) groups is 1. The lowest BCUT2D eigenvalue weighted by Gasteiger charge is -2.39. The Bertz CT molecular complexity index is 540. The molecule has 0 aromatic heterocycles. The maximum absolute atomic E-state index is 12.6. The number of nitrogens with two attached hydrogens (primary N) is 1. The Morgan fingerprint density at radius 3 is 2.57 bits per heavy atom. The molecule has 4 nitrogen and oxygen atoms in total. The third-order valence-electron chi connectivity index (χ3n) is 5.29. The third-order valence-corrected chi connectivity index (χ3v) is 5.54. The Balaban J connectivity index is 1.73. The van der Waals surface area contributed by atoms with E-state index in [9.17, 15) is 4.79 Å². The van der Waals surface area contributed by atoms with Gasteiger partial charge in [-0.3, -0.25) is 4.79 Å². The SMILES string of the molecule is N[C@@H]1CCC[C@H]1CC(=O)NC1(c2ccc(Cl)cc2)CCOCC1. The standard InChI is InChI=1S/C18H25ClN2O2/c19-15-6-4-14(5-7-15)18(8-10-23-11-9-18)21-17(22)12-13-2-1-3-16(13)20/h4-7,13,16H,1-3,8-12,20H2,(H,21,22)/t13-,16+/m0/s1. The molecular formula is C18H25ClN2O2. The van der Waals surface area contributed by atoms with E-state index in [-0.39, 0.29) is 17.5 Å². The molecule has 126 valence electrons. The van der Waals surface area contributed by atoms with E-state index >= 15 is 0 Å². The van der Waals surface area contributed by atoms with Crippen molar-refractivity contribution >= 4 is 17.5 Å². The molecule has 0 radical (unpaired) electrons. The van der Waals surface area contributed by atoms with Crippen molar-refractivity contribution in [1.29, 1.82) is 0 Å². The normalized spacial score (nSPS) is 26.9. The van der Waals surface area contributed by atoms with Crippen LogP contribution in [-0.4, -0.2) is 25.2 Å². The predicted molar refractivity (Wildman–Crippen MR) is 91.3 cm³/mol. The first-order valence-electron chi connectivity index (χ1n) is 8.49. The van der Waals surface area contributed by atoms with E-state index in [4.69, 9.17) is 22.1 Å². The van der Waals surface area contributed by atoms with Crippen molar-refractivity contribution in [2.75, 3.05) is 13.2 Å². The first kappa shape index (κ1) is 16.7. The molecule has 2 aliphatic rings. The number of carbonyl (C=O) groups excluding carboxylic acids is 1. The van der Waals surface area contributed by atoms with Crippen LogP contribution in [0.5, 0.6) is 0 Å². The highest BCUT2D eigenvalue weighted by Crippen LogP contribution is 2.34. The molecule has 2 fully saturated rings. The minimum atomic E-state index is -0.345. The van der Waals surface area contributed by atoms with E-state index in [1.54, 1.807) is 0 Å². The van der Waals surface area contributed by atoms with Crippen LogP contribution in [0.1, 0.15) is 44.1 Å². The van der Waals surface area contributed by atoms with E-state index in [0.29, 0.717) is 30.6 Å². The van der Waals surface area contributed by atoms with Gasteiger partial charge in [0.2, 0.25) is 5.91 Å². The summed E-state index contributed by atoms with van der Waals surface area (Å²) in [5.74, 6) is 0.418. The average molecular weight is 337 g/mol. The van der Waals surface area contributed by atoms with Gasteiger partial charge >= 0.3 is 0 Å². The molecule has 1 saturated heterocycles. The largest absolute Gasteiger partial charge is 0.381 e. The zero-order valence-electron chi connectivity index (χ0n) is 13.4. The first-order valence-corrected chi connectivity index (χ1v) is 8.87. The van der Waals surface area contributed by atoms with Gasteiger partial charge in [0.15, 0.2) is 0 Å². The Kier molecular flexibility index (Phi) is 5.24. The molecule has 3 N–H and O–H groups in total. The average Bonchev–Trinajstić information content (AvgIpc) is 2.93. The van der Waals surface area contributed by atoms with Crippen LogP contribution in [0.3, 0.4) is 0 Å². The molecule has 2 atom stereocenters. The highest BCUT2D eigenvalue weighted by Gasteiger charge is 2.37. The van der Waals surface area contributed by atoms with Crippen LogP contribution in [0, 0.1) is 5.92 Å². The predicted octanol–water partition coefficient (Wildman–Crippen LogP) is 2.98. The monoisotopic (exact) mass is 336 g/mol. The molecule has 1 heterocycles. The van der Waals surface area contributed by atoms with Gasteiger partial charge in [-0.1, -0.05) is 30.2 Å². The van der Waals surface area contributed by atoms with Gasteiger partial charge < -0.3 is 15.8 Å². The summed E-state index contributed by atoms with van der Waals surface area (Å²) in [6.07, 6.45) is 5.33. The van der Waals surface area contributed by atoms with E-state index in [0.717, 1.165) is 37.7 Å². The molecule has 23 heavy (non-hydrogen) atoms. The van der Waals surface area contributed by atoms with Gasteiger partial charge in [0.05, 0.1) is 5.54 Å². The molecule has 5 heteroatoms. The fourth-order valence-electron chi connectivity index (χ4n) is 3.85. The number of benzene rings is 1. The molecule has 1 aromatic carbocycles. The van der Waals surface area contributed by atoms with Crippen LogP contribution in [0.4, 0.5) is 0 Å². The third kappa shape index (κ3) is 3.87. The van der Waals surface area contributed by atoms with Gasteiger partial charge in [0.25, 0.3) is 0 Å². The van der Waals surface area contributed by atoms with Crippen molar-refractivity contribution < 1.29 is 9.53 Å². The van der Waals surface area contributed by atoms with E-state index in [2.05, 4.69) is 5.32 Å². The smallest absolute Gasteiger partial charge is 0.221 e. The van der Waals surface area contributed by atoms with Gasteiger partial charge in [0.1, 0.15) is 0 Å². The number of hydrogen-bond donors (Lipinski definition) is 2. The highest BCUT2D eigenvalue weighted by atomic mass is 35.5. The van der Waals surface area contributed by atoms with Crippen LogP contribution < -0.4 is 11.1 Å². The molecule has 0 unspecified atom stereocenters. The minimum Gasteiger partial charge on any atom is -0.381 e. The summed E-state index contributed by atoms with van der Waals surface area (Å²) in [6.45, 7) is 1.32. The first-order chi connectivity index (χ1) is 11.1. The molecule has 3 rings (SSSR count). The van der Waals surface area contributed by atoms with Gasteiger partial charge in [-0.2, -0.15) is 0 Å². The van der Waals surface area contributed by atoms with Gasteiger partial charge in [-0.25, -0.2) is 0 Å². The van der Waals surface area contributed by atoms with Crippen LogP contribution in [0.2, 0.25) is 5.02 Å². The summed E-state index contributed by atoms with van der Waals surface area (Å²) in [7, 11) is 0. The lowest BCUT2D eigenvalue weighted by molar-refractivity contribution is -0.125. The molecule has 1 aromatic rings. The number of rotatable bonds is 4. The zero-order chi connectivity index (χ0) is 16.3. The number of hydrogen-bond acceptors (Lipinski definition) is 3. The lowest BCUT2D eigenvalue weighted by Crippen LogP contribution is -2.50. The Hall–Kier alpha value is -1.10. The second-order valence-electron chi connectivity index (χ2n) is 6.81. The Labute approximate surface area is 142 Å². The summed E-state index contributed by atoms with van der Waals surface area (Å²) in [4.78, 5) is 12.6. The number of amides is 1. The second kappa shape index (κ2) is 7.20. The molecule has 0 bridgehead atoms. The van der Waals surface area contributed by atoms with Gasteiger partial charge in [-0.05, 0) is 49.3 Å². The van der Waals surface area contributed by atoms with Crippen molar-refractivity contribution in [3.63, 3.8) is 0 Å². The minimum absolute atomic E-state index is 0.101. The molecule has 1 amide bonds. The maximum Gasteiger partial charge on any atom is 0.221 e. The fourth-order valence-corrected chi connectivity index (χ4v) is 3.98. The number of halogens is 1. The topological polar surface area (TPSA) is 64.4 Å². The quantitative estimate of drug-likeness (QED) is 0.888. The summed E-state index contributed by atoms with van der Waals surface area (Å²) in [6, 6.07) is 7.95. The Morgan fingerprint density at radius 2 is 1.96 bits per heavy atom. The van der Waals surface area contributed by atoms with Crippen molar-refractivity contribution in [2.45, 2.75) is 50.1 Å². The van der Waals surface area contributed by atoms with E-state index < -0.39 is 0 Å². The molecular weight excluding hydrogens is 312 g/mol. The summed E-state index contributed by atoms with van der Waals surface area (Å²) in [5, 5.41) is 4.01. The molecule has 1 aliphatic heterocycles. The second-order valence-corrected chi connectivity index (χ2v) is 7.24. The van der Waals surface area contributed by atoms with Crippen LogP contribution in [-0.2, 0) is 15.1 Å². The molecule has 1 saturated carbocycles. The van der Waals surface area contributed by atoms with Crippen LogP contribution in [0.25, 0.3) is 0 Å². The molecule has 0 spiro atoms. The molecule has 1 aliphatic carbocycles.